The van der Waals surface area contributed by atoms with Gasteiger partial charge in [-0.1, -0.05) is 11.6 Å². The summed E-state index contributed by atoms with van der Waals surface area (Å²) in [6.07, 6.45) is 1.65. The molecule has 1 fully saturated rings. The minimum atomic E-state index is -3.90. The van der Waals surface area contributed by atoms with Crippen molar-refractivity contribution in [2.75, 3.05) is 6.61 Å². The van der Waals surface area contributed by atoms with Crippen LogP contribution in [-0.4, -0.2) is 33.1 Å². The SMILES string of the molecule is CCOC1CC(NC(=O)c2cc(S(=O)(=O)Cl)ccc2Cl)C1. The number of halogens is 2. The van der Waals surface area contributed by atoms with Crippen molar-refractivity contribution in [3.05, 3.63) is 28.8 Å². The van der Waals surface area contributed by atoms with Crippen molar-refractivity contribution < 1.29 is 17.9 Å². The zero-order valence-electron chi connectivity index (χ0n) is 11.3. The number of hydrogen-bond acceptors (Lipinski definition) is 4. The molecule has 1 aromatic carbocycles. The van der Waals surface area contributed by atoms with E-state index in [9.17, 15) is 13.2 Å². The third-order valence-electron chi connectivity index (χ3n) is 3.30. The predicted octanol–water partition coefficient (Wildman–Crippen LogP) is 2.56. The lowest BCUT2D eigenvalue weighted by atomic mass is 9.89. The van der Waals surface area contributed by atoms with Gasteiger partial charge < -0.3 is 10.1 Å². The maximum absolute atomic E-state index is 12.1. The second-order valence-electron chi connectivity index (χ2n) is 4.80. The first kappa shape index (κ1) is 16.5. The van der Waals surface area contributed by atoms with E-state index in [4.69, 9.17) is 27.0 Å². The lowest BCUT2D eigenvalue weighted by Crippen LogP contribution is -2.47. The van der Waals surface area contributed by atoms with Crippen LogP contribution >= 0.6 is 22.3 Å². The van der Waals surface area contributed by atoms with E-state index in [0.717, 1.165) is 12.8 Å². The predicted molar refractivity (Wildman–Crippen MR) is 80.4 cm³/mol. The molecule has 1 aromatic rings. The van der Waals surface area contributed by atoms with Crippen LogP contribution in [0.2, 0.25) is 5.02 Å². The van der Waals surface area contributed by atoms with E-state index in [1.165, 1.54) is 18.2 Å². The Morgan fingerprint density at radius 3 is 2.67 bits per heavy atom. The number of carbonyl (C=O) groups excluding carboxylic acids is 1. The maximum atomic E-state index is 12.1. The summed E-state index contributed by atoms with van der Waals surface area (Å²) < 4.78 is 28.0. The molecule has 1 saturated carbocycles. The highest BCUT2D eigenvalue weighted by atomic mass is 35.7. The summed E-state index contributed by atoms with van der Waals surface area (Å²) in [5, 5.41) is 2.98. The summed E-state index contributed by atoms with van der Waals surface area (Å²) in [5.41, 5.74) is 0.0956. The topological polar surface area (TPSA) is 72.5 Å². The van der Waals surface area contributed by atoms with Crippen LogP contribution in [0.3, 0.4) is 0 Å². The molecule has 5 nitrogen and oxygen atoms in total. The molecule has 0 atom stereocenters. The molecule has 21 heavy (non-hydrogen) atoms. The highest BCUT2D eigenvalue weighted by molar-refractivity contribution is 8.13. The third kappa shape index (κ3) is 4.10. The average molecular weight is 352 g/mol. The van der Waals surface area contributed by atoms with Crippen LogP contribution in [0.15, 0.2) is 23.1 Å². The van der Waals surface area contributed by atoms with Gasteiger partial charge in [-0.05, 0) is 38.0 Å². The minimum absolute atomic E-state index is 0.0152. The molecule has 0 unspecified atom stereocenters. The van der Waals surface area contributed by atoms with E-state index in [0.29, 0.717) is 6.61 Å². The van der Waals surface area contributed by atoms with Gasteiger partial charge in [0, 0.05) is 23.3 Å². The fraction of sp³-hybridized carbons (Fsp3) is 0.462. The standard InChI is InChI=1S/C13H15Cl2NO4S/c1-2-20-9-5-8(6-9)16-13(17)11-7-10(21(15,18)19)3-4-12(11)14/h3-4,7-9H,2,5-6H2,1H3,(H,16,17). The number of benzene rings is 1. The van der Waals surface area contributed by atoms with Crippen LogP contribution in [0, 0.1) is 0 Å². The van der Waals surface area contributed by atoms with Crippen molar-refractivity contribution >= 4 is 37.2 Å². The fourth-order valence-electron chi connectivity index (χ4n) is 2.15. The normalized spacial score (nSPS) is 21.7. The van der Waals surface area contributed by atoms with E-state index in [2.05, 4.69) is 5.32 Å². The quantitative estimate of drug-likeness (QED) is 0.827. The second-order valence-corrected chi connectivity index (χ2v) is 7.77. The molecule has 1 amide bonds. The number of carbonyl (C=O) groups is 1. The van der Waals surface area contributed by atoms with E-state index < -0.39 is 15.0 Å². The van der Waals surface area contributed by atoms with Crippen LogP contribution in [0.5, 0.6) is 0 Å². The first-order valence-corrected chi connectivity index (χ1v) is 9.16. The van der Waals surface area contributed by atoms with Crippen molar-refractivity contribution in [3.8, 4) is 0 Å². The number of ether oxygens (including phenoxy) is 1. The first-order valence-electron chi connectivity index (χ1n) is 6.48. The van der Waals surface area contributed by atoms with Gasteiger partial charge in [-0.15, -0.1) is 0 Å². The Morgan fingerprint density at radius 2 is 2.10 bits per heavy atom. The number of amides is 1. The Labute approximate surface area is 133 Å². The second kappa shape index (κ2) is 6.52. The van der Waals surface area contributed by atoms with Crippen molar-refractivity contribution in [2.45, 2.75) is 36.8 Å². The van der Waals surface area contributed by atoms with E-state index in [-0.39, 0.29) is 27.6 Å². The Hall–Kier alpha value is -0.820. The van der Waals surface area contributed by atoms with Gasteiger partial charge >= 0.3 is 0 Å². The largest absolute Gasteiger partial charge is 0.378 e. The first-order chi connectivity index (χ1) is 9.81. The van der Waals surface area contributed by atoms with Crippen molar-refractivity contribution in [1.82, 2.24) is 5.32 Å². The van der Waals surface area contributed by atoms with E-state index in [1.807, 2.05) is 6.92 Å². The van der Waals surface area contributed by atoms with Gasteiger partial charge in [-0.25, -0.2) is 8.42 Å². The highest BCUT2D eigenvalue weighted by Crippen LogP contribution is 2.26. The van der Waals surface area contributed by atoms with Crippen LogP contribution in [0.25, 0.3) is 0 Å². The van der Waals surface area contributed by atoms with Gasteiger partial charge in [0.1, 0.15) is 0 Å². The van der Waals surface area contributed by atoms with Gasteiger partial charge in [0.25, 0.3) is 15.0 Å². The molecular weight excluding hydrogens is 337 g/mol. The molecule has 1 aliphatic rings. The Morgan fingerprint density at radius 1 is 1.43 bits per heavy atom. The Bertz CT molecular complexity index is 642. The summed E-state index contributed by atoms with van der Waals surface area (Å²) in [6, 6.07) is 3.80. The van der Waals surface area contributed by atoms with Crippen LogP contribution in [0.4, 0.5) is 0 Å². The van der Waals surface area contributed by atoms with Crippen molar-refractivity contribution in [3.63, 3.8) is 0 Å². The van der Waals surface area contributed by atoms with Crippen molar-refractivity contribution in [2.24, 2.45) is 0 Å². The summed E-state index contributed by atoms with van der Waals surface area (Å²) in [6.45, 7) is 2.57. The maximum Gasteiger partial charge on any atom is 0.261 e. The van der Waals surface area contributed by atoms with Gasteiger partial charge in [0.15, 0.2) is 0 Å². The third-order valence-corrected chi connectivity index (χ3v) is 4.98. The van der Waals surface area contributed by atoms with Gasteiger partial charge in [0.2, 0.25) is 0 Å². The van der Waals surface area contributed by atoms with Crippen molar-refractivity contribution in [1.29, 1.82) is 0 Å². The molecule has 0 radical (unpaired) electrons. The van der Waals surface area contributed by atoms with Gasteiger partial charge in [-0.3, -0.25) is 4.79 Å². The monoisotopic (exact) mass is 351 g/mol. The molecule has 0 saturated heterocycles. The minimum Gasteiger partial charge on any atom is -0.378 e. The number of rotatable bonds is 5. The smallest absolute Gasteiger partial charge is 0.261 e. The Kier molecular flexibility index (Phi) is 5.14. The van der Waals surface area contributed by atoms with Crippen LogP contribution in [0.1, 0.15) is 30.1 Å². The molecule has 0 bridgehead atoms. The molecular formula is C13H15Cl2NO4S. The van der Waals surface area contributed by atoms with Crippen LogP contribution < -0.4 is 5.32 Å². The van der Waals surface area contributed by atoms with Gasteiger partial charge in [0.05, 0.1) is 21.6 Å². The van der Waals surface area contributed by atoms with E-state index >= 15 is 0 Å². The summed E-state index contributed by atoms with van der Waals surface area (Å²) >= 11 is 5.94. The molecule has 0 aromatic heterocycles. The molecule has 2 rings (SSSR count). The van der Waals surface area contributed by atoms with Gasteiger partial charge in [-0.2, -0.15) is 0 Å². The fourth-order valence-corrected chi connectivity index (χ4v) is 3.13. The lowest BCUT2D eigenvalue weighted by molar-refractivity contribution is -0.00862. The summed E-state index contributed by atoms with van der Waals surface area (Å²) in [7, 11) is 1.37. The number of hydrogen-bond donors (Lipinski definition) is 1. The van der Waals surface area contributed by atoms with Crippen LogP contribution in [-0.2, 0) is 13.8 Å². The molecule has 0 spiro atoms. The molecule has 116 valence electrons. The molecule has 1 N–H and O–H groups in total. The molecule has 1 aliphatic carbocycles. The lowest BCUT2D eigenvalue weighted by Gasteiger charge is -2.35. The zero-order valence-corrected chi connectivity index (χ0v) is 13.6. The average Bonchev–Trinajstić information content (AvgIpc) is 2.35. The highest BCUT2D eigenvalue weighted by Gasteiger charge is 2.31. The number of nitrogens with one attached hydrogen (secondary N) is 1. The molecule has 0 heterocycles. The Balaban J connectivity index is 2.06. The van der Waals surface area contributed by atoms with E-state index in [1.54, 1.807) is 0 Å². The molecule has 0 aliphatic heterocycles. The summed E-state index contributed by atoms with van der Waals surface area (Å²) in [5.74, 6) is -0.415. The zero-order chi connectivity index (χ0) is 15.6. The molecule has 8 heteroatoms. The summed E-state index contributed by atoms with van der Waals surface area (Å²) in [4.78, 5) is 12.0.